The molecule has 2 fully saturated rings. The van der Waals surface area contributed by atoms with Crippen LogP contribution in [-0.2, 0) is 25.6 Å². The van der Waals surface area contributed by atoms with Crippen molar-refractivity contribution < 1.29 is 34.5 Å². The third kappa shape index (κ3) is 6.21. The second kappa shape index (κ2) is 12.9. The maximum absolute atomic E-state index is 12.5. The fourth-order valence-electron chi connectivity index (χ4n) is 7.09. The highest BCUT2D eigenvalue weighted by atomic mass is 32.1. The van der Waals surface area contributed by atoms with E-state index < -0.39 is 36.0 Å². The predicted molar refractivity (Wildman–Crippen MR) is 176 cm³/mol. The number of nitrogens with one attached hydrogen (secondary N) is 5. The molecule has 13 heteroatoms. The molecule has 4 aliphatic heterocycles. The van der Waals surface area contributed by atoms with Crippen LogP contribution in [0.5, 0.6) is 0 Å². The Balaban J connectivity index is 1.54. The van der Waals surface area contributed by atoms with Gasteiger partial charge in [0.25, 0.3) is 0 Å². The van der Waals surface area contributed by atoms with Crippen LogP contribution in [0.25, 0.3) is 12.2 Å². The highest BCUT2D eigenvalue weighted by Crippen LogP contribution is 2.41. The highest BCUT2D eigenvalue weighted by Gasteiger charge is 2.57. The molecule has 1 aromatic heterocycles. The van der Waals surface area contributed by atoms with Crippen molar-refractivity contribution in [2.45, 2.75) is 89.6 Å². The minimum absolute atomic E-state index is 0.0739. The van der Waals surface area contributed by atoms with Gasteiger partial charge in [-0.2, -0.15) is 12.6 Å². The average Bonchev–Trinajstić information content (AvgIpc) is 3.36. The molecule has 2 unspecified atom stereocenters. The molecule has 1 spiro atoms. The molecular formula is C33H43N5O7S. The Morgan fingerprint density at radius 1 is 1.07 bits per heavy atom. The van der Waals surface area contributed by atoms with Crippen LogP contribution in [0, 0.1) is 18.8 Å². The Morgan fingerprint density at radius 2 is 1.72 bits per heavy atom. The number of aromatic amines is 1. The van der Waals surface area contributed by atoms with E-state index in [9.17, 15) is 29.7 Å². The number of allylic oxidation sites excluding steroid dienone is 2. The van der Waals surface area contributed by atoms with Crippen molar-refractivity contribution in [3.63, 3.8) is 0 Å². The number of aliphatic hydroxyl groups excluding tert-OH is 1. The van der Waals surface area contributed by atoms with Crippen LogP contribution in [0.1, 0.15) is 69.5 Å². The van der Waals surface area contributed by atoms with Gasteiger partial charge in [-0.1, -0.05) is 26.5 Å². The lowest BCUT2D eigenvalue weighted by molar-refractivity contribution is -0.138. The highest BCUT2D eigenvalue weighted by molar-refractivity contribution is 7.80. The number of aliphatic hydroxyl groups is 1. The summed E-state index contributed by atoms with van der Waals surface area (Å²) in [5.74, 6) is -3.18. The van der Waals surface area contributed by atoms with Crippen LogP contribution in [0.15, 0.2) is 46.3 Å². The zero-order chi connectivity index (χ0) is 33.7. The van der Waals surface area contributed by atoms with E-state index in [2.05, 4.69) is 45.6 Å². The van der Waals surface area contributed by atoms with E-state index in [0.29, 0.717) is 11.4 Å². The van der Waals surface area contributed by atoms with Crippen LogP contribution in [0.4, 0.5) is 0 Å². The Bertz CT molecular complexity index is 1600. The Labute approximate surface area is 273 Å². The summed E-state index contributed by atoms with van der Waals surface area (Å²) in [7, 11) is 0. The molecule has 0 aromatic carbocycles. The number of carboxylic acids is 2. The van der Waals surface area contributed by atoms with Gasteiger partial charge in [0.2, 0.25) is 11.8 Å². The maximum Gasteiger partial charge on any atom is 0.303 e. The average molecular weight is 654 g/mol. The molecule has 7 atom stereocenters. The van der Waals surface area contributed by atoms with E-state index in [1.165, 1.54) is 0 Å². The molecule has 0 radical (unpaired) electrons. The standard InChI is InChI=1S/C33H43N5O7S/c1-7-21-16(4)30(37-33(21)38-45-33)31(43)29-15(3)20(9-11-27(41)42)24(35-29)13-23-19(8-10-26(39)40)14(2)22(34-23)12-25-28(18(6)46)17(5)32(44)36-25/h7,12-13,17-18,28-31,34-35,37-38,43,46H,1,8-11H2,2-6H3,(H,36,44)(H,39,40)(H,41,42)/b24-13-,25-12-/t17-,18?,28+,29?,30+,31-,33-/m1/s1. The van der Waals surface area contributed by atoms with Crippen molar-refractivity contribution in [3.05, 3.63) is 68.9 Å². The minimum atomic E-state index is -0.948. The van der Waals surface area contributed by atoms with Gasteiger partial charge < -0.3 is 30.9 Å². The summed E-state index contributed by atoms with van der Waals surface area (Å²) < 4.78 is 0. The second-order valence-corrected chi connectivity index (χ2v) is 13.4. The summed E-state index contributed by atoms with van der Waals surface area (Å²) in [6.45, 7) is 13.4. The summed E-state index contributed by atoms with van der Waals surface area (Å²) in [5.41, 5.74) is 10.5. The Morgan fingerprint density at radius 3 is 2.28 bits per heavy atom. The number of carboxylic acid groups (broad SMARTS) is 2. The molecule has 4 aliphatic rings. The maximum atomic E-state index is 12.5. The number of carbonyl (C=O) groups excluding carboxylic acids is 1. The third-order valence-electron chi connectivity index (χ3n) is 9.72. The summed E-state index contributed by atoms with van der Waals surface area (Å²) in [6.07, 6.45) is 4.79. The normalized spacial score (nSPS) is 30.4. The van der Waals surface area contributed by atoms with E-state index in [0.717, 1.165) is 44.8 Å². The number of aliphatic carboxylic acids is 2. The minimum Gasteiger partial charge on any atom is -0.481 e. The Hall–Kier alpha value is -3.62. The molecule has 8 N–H and O–H groups in total. The molecule has 46 heavy (non-hydrogen) atoms. The number of hydroxylamine groups is 1. The predicted octanol–water partition coefficient (Wildman–Crippen LogP) is 2.90. The molecule has 1 amide bonds. The van der Waals surface area contributed by atoms with Crippen molar-refractivity contribution in [2.24, 2.45) is 11.8 Å². The molecular weight excluding hydrogens is 610 g/mol. The monoisotopic (exact) mass is 653 g/mol. The van der Waals surface area contributed by atoms with Crippen molar-refractivity contribution >= 4 is 42.6 Å². The zero-order valence-electron chi connectivity index (χ0n) is 26.7. The van der Waals surface area contributed by atoms with Crippen LogP contribution < -0.4 is 21.4 Å². The van der Waals surface area contributed by atoms with Crippen LogP contribution in [0.3, 0.4) is 0 Å². The first kappa shape index (κ1) is 33.7. The van der Waals surface area contributed by atoms with Gasteiger partial charge in [0.05, 0.1) is 18.2 Å². The lowest BCUT2D eigenvalue weighted by Gasteiger charge is -2.27. The number of amides is 1. The van der Waals surface area contributed by atoms with E-state index in [4.69, 9.17) is 4.84 Å². The van der Waals surface area contributed by atoms with Crippen LogP contribution >= 0.6 is 12.6 Å². The van der Waals surface area contributed by atoms with Gasteiger partial charge in [-0.15, -0.1) is 5.48 Å². The number of carbonyl (C=O) groups is 3. The van der Waals surface area contributed by atoms with Crippen molar-refractivity contribution in [2.75, 3.05) is 0 Å². The van der Waals surface area contributed by atoms with Crippen molar-refractivity contribution in [1.82, 2.24) is 26.4 Å². The largest absolute Gasteiger partial charge is 0.481 e. The van der Waals surface area contributed by atoms with E-state index >= 15 is 0 Å². The first-order chi connectivity index (χ1) is 21.7. The number of rotatable bonds is 12. The zero-order valence-corrected chi connectivity index (χ0v) is 27.5. The molecule has 12 nitrogen and oxygen atoms in total. The molecule has 0 saturated carbocycles. The van der Waals surface area contributed by atoms with Gasteiger partial charge in [-0.05, 0) is 73.6 Å². The number of thiol groups is 1. The molecule has 0 bridgehead atoms. The van der Waals surface area contributed by atoms with Gasteiger partial charge in [0.1, 0.15) is 0 Å². The first-order valence-electron chi connectivity index (χ1n) is 15.5. The van der Waals surface area contributed by atoms with Gasteiger partial charge in [0, 0.05) is 58.3 Å². The molecule has 5 heterocycles. The number of aromatic nitrogens is 1. The van der Waals surface area contributed by atoms with E-state index in [1.54, 1.807) is 6.08 Å². The summed E-state index contributed by atoms with van der Waals surface area (Å²) in [5, 5.41) is 40.4. The molecule has 2 saturated heterocycles. The molecule has 248 valence electrons. The smallest absolute Gasteiger partial charge is 0.303 e. The fourth-order valence-corrected chi connectivity index (χ4v) is 7.51. The van der Waals surface area contributed by atoms with Crippen LogP contribution in [-0.4, -0.2) is 67.4 Å². The fraction of sp³-hybridized carbons (Fsp3) is 0.485. The van der Waals surface area contributed by atoms with Crippen molar-refractivity contribution in [1.29, 1.82) is 0 Å². The van der Waals surface area contributed by atoms with Crippen LogP contribution in [0.2, 0.25) is 0 Å². The summed E-state index contributed by atoms with van der Waals surface area (Å²) >= 11 is 4.63. The topological polar surface area (TPSA) is 198 Å². The summed E-state index contributed by atoms with van der Waals surface area (Å²) in [6, 6.07) is -1.02. The van der Waals surface area contributed by atoms with E-state index in [-0.39, 0.29) is 48.7 Å². The number of hydrogen-bond acceptors (Lipinski definition) is 9. The molecule has 0 aliphatic carbocycles. The van der Waals surface area contributed by atoms with Gasteiger partial charge in [0.15, 0.2) is 0 Å². The van der Waals surface area contributed by atoms with Gasteiger partial charge in [-0.3, -0.25) is 24.5 Å². The lowest BCUT2D eigenvalue weighted by Crippen LogP contribution is -2.51. The number of H-pyrrole nitrogens is 1. The second-order valence-electron chi connectivity index (χ2n) is 12.6. The summed E-state index contributed by atoms with van der Waals surface area (Å²) in [4.78, 5) is 44.6. The first-order valence-corrected chi connectivity index (χ1v) is 16.0. The quantitative estimate of drug-likeness (QED) is 0.119. The Kier molecular flexibility index (Phi) is 9.45. The number of hydrogen-bond donors (Lipinski definition) is 9. The van der Waals surface area contributed by atoms with Gasteiger partial charge in [-0.25, -0.2) is 0 Å². The van der Waals surface area contributed by atoms with E-state index in [1.807, 2.05) is 46.8 Å². The lowest BCUT2D eigenvalue weighted by atomic mass is 9.91. The van der Waals surface area contributed by atoms with Crippen molar-refractivity contribution in [3.8, 4) is 0 Å². The molecule has 1 aromatic rings. The van der Waals surface area contributed by atoms with Gasteiger partial charge >= 0.3 is 11.9 Å². The molecule has 5 rings (SSSR count). The third-order valence-corrected chi connectivity index (χ3v) is 10.0. The SMILES string of the molecule is C=CC1=C(C)[C@@H]([C@H](O)C2N/C(=C\c3[nH]c(/C=C4\NC(=O)[C@H](C)[C@H]4C(C)S)c(C)c3CCC(=O)O)C(CCC(=O)O)=C2C)N[C@@]12NO2.